The predicted molar refractivity (Wildman–Crippen MR) is 120 cm³/mol. The number of carbonyl (C=O) groups is 2. The number of nitrogens with zero attached hydrogens (tertiary/aromatic N) is 1. The van der Waals surface area contributed by atoms with Crippen molar-refractivity contribution in [2.24, 2.45) is 0 Å². The number of anilines is 1. The van der Waals surface area contributed by atoms with Crippen LogP contribution >= 0.6 is 0 Å². The van der Waals surface area contributed by atoms with Crippen molar-refractivity contribution >= 4 is 17.6 Å². The summed E-state index contributed by atoms with van der Waals surface area (Å²) in [6, 6.07) is 13.3. The van der Waals surface area contributed by atoms with Crippen LogP contribution < -0.4 is 10.1 Å². The third-order valence-corrected chi connectivity index (χ3v) is 5.69. The third kappa shape index (κ3) is 4.99. The molecule has 1 aliphatic carbocycles. The van der Waals surface area contributed by atoms with Gasteiger partial charge in [-0.15, -0.1) is 0 Å². The first-order chi connectivity index (χ1) is 15.4. The summed E-state index contributed by atoms with van der Waals surface area (Å²) in [4.78, 5) is 26.8. The van der Waals surface area contributed by atoms with E-state index in [9.17, 15) is 9.59 Å². The molecule has 0 bridgehead atoms. The second kappa shape index (κ2) is 9.26. The number of carbonyl (C=O) groups excluding carboxylic acids is 1. The fourth-order valence-electron chi connectivity index (χ4n) is 4.14. The Morgan fingerprint density at radius 1 is 1.22 bits per heavy atom. The van der Waals surface area contributed by atoms with Crippen LogP contribution in [0.2, 0.25) is 0 Å². The molecule has 166 valence electrons. The van der Waals surface area contributed by atoms with Crippen molar-refractivity contribution in [1.29, 1.82) is 0 Å². The summed E-state index contributed by atoms with van der Waals surface area (Å²) in [5.41, 5.74) is 4.71. The van der Waals surface area contributed by atoms with Crippen molar-refractivity contribution in [2.75, 3.05) is 11.9 Å². The molecule has 1 atom stereocenters. The molecule has 2 aromatic carbocycles. The quantitative estimate of drug-likeness (QED) is 0.531. The van der Waals surface area contributed by atoms with Gasteiger partial charge in [-0.05, 0) is 73.2 Å². The van der Waals surface area contributed by atoms with Crippen LogP contribution in [0, 0.1) is 6.92 Å². The maximum Gasteiger partial charge on any atom is 0.303 e. The van der Waals surface area contributed by atoms with Gasteiger partial charge in [0.1, 0.15) is 11.5 Å². The molecule has 0 saturated carbocycles. The zero-order valence-corrected chi connectivity index (χ0v) is 18.2. The monoisotopic (exact) mass is 434 g/mol. The number of hydrogen-bond donors (Lipinski definition) is 2. The standard InChI is InChI=1S/C25H26N2O5/c1-15-23(27-25(32-15)17-5-7-20(8-6-17)26-16(2)28)11-12-31-21-9-10-22-18(13-21)3-4-19(22)14-24(29)30/h5-10,13,19H,3-4,11-12,14H2,1-2H3,(H,26,28)(H,29,30)/t19-/m0/s1. The number of amides is 1. The van der Waals surface area contributed by atoms with E-state index in [1.165, 1.54) is 12.5 Å². The molecule has 1 amide bonds. The third-order valence-electron chi connectivity index (χ3n) is 5.69. The van der Waals surface area contributed by atoms with Crippen molar-refractivity contribution in [3.8, 4) is 17.2 Å². The summed E-state index contributed by atoms with van der Waals surface area (Å²) < 4.78 is 11.8. The van der Waals surface area contributed by atoms with Crippen molar-refractivity contribution in [3.05, 3.63) is 65.0 Å². The Bertz CT molecular complexity index is 1130. The van der Waals surface area contributed by atoms with E-state index in [0.717, 1.165) is 46.9 Å². The number of nitrogens with one attached hydrogen (secondary N) is 1. The van der Waals surface area contributed by atoms with Gasteiger partial charge in [0.15, 0.2) is 0 Å². The Hall–Kier alpha value is -3.61. The van der Waals surface area contributed by atoms with Gasteiger partial charge in [0.2, 0.25) is 11.8 Å². The lowest BCUT2D eigenvalue weighted by Crippen LogP contribution is -2.05. The normalized spacial score (nSPS) is 14.8. The number of hydrogen-bond acceptors (Lipinski definition) is 5. The summed E-state index contributed by atoms with van der Waals surface area (Å²) in [6.07, 6.45) is 2.55. The lowest BCUT2D eigenvalue weighted by molar-refractivity contribution is -0.137. The molecule has 7 nitrogen and oxygen atoms in total. The highest BCUT2D eigenvalue weighted by Gasteiger charge is 2.25. The number of carboxylic acids is 1. The highest BCUT2D eigenvalue weighted by Crippen LogP contribution is 2.37. The molecule has 0 saturated heterocycles. The molecule has 7 heteroatoms. The molecule has 1 heterocycles. The van der Waals surface area contributed by atoms with Gasteiger partial charge in [-0.2, -0.15) is 0 Å². The van der Waals surface area contributed by atoms with Crippen molar-refractivity contribution in [1.82, 2.24) is 4.98 Å². The molecule has 1 aromatic heterocycles. The average molecular weight is 434 g/mol. The van der Waals surface area contributed by atoms with Gasteiger partial charge in [-0.1, -0.05) is 6.07 Å². The van der Waals surface area contributed by atoms with Crippen molar-refractivity contribution in [3.63, 3.8) is 0 Å². The predicted octanol–water partition coefficient (Wildman–Crippen LogP) is 4.73. The van der Waals surface area contributed by atoms with Crippen molar-refractivity contribution in [2.45, 2.75) is 45.4 Å². The minimum atomic E-state index is -0.755. The van der Waals surface area contributed by atoms with E-state index < -0.39 is 5.97 Å². The van der Waals surface area contributed by atoms with Crippen LogP contribution in [-0.2, 0) is 22.4 Å². The topological polar surface area (TPSA) is 102 Å². The molecule has 0 fully saturated rings. The van der Waals surface area contributed by atoms with Gasteiger partial charge in [-0.25, -0.2) is 4.98 Å². The Kier molecular flexibility index (Phi) is 6.25. The second-order valence-electron chi connectivity index (χ2n) is 8.07. The lowest BCUT2D eigenvalue weighted by atomic mass is 9.98. The van der Waals surface area contributed by atoms with E-state index in [1.54, 1.807) is 0 Å². The molecule has 32 heavy (non-hydrogen) atoms. The molecule has 2 N–H and O–H groups in total. The number of fused-ring (bicyclic) bond motifs is 1. The van der Waals surface area contributed by atoms with Crippen LogP contribution in [0.5, 0.6) is 5.75 Å². The van der Waals surface area contributed by atoms with E-state index in [-0.39, 0.29) is 18.2 Å². The molecule has 1 aliphatic rings. The summed E-state index contributed by atoms with van der Waals surface area (Å²) in [7, 11) is 0. The zero-order valence-electron chi connectivity index (χ0n) is 18.2. The number of aromatic nitrogens is 1. The Morgan fingerprint density at radius 3 is 2.72 bits per heavy atom. The number of rotatable bonds is 8. The number of oxazole rings is 1. The fraction of sp³-hybridized carbons (Fsp3) is 0.320. The number of aryl methyl sites for hydroxylation is 2. The summed E-state index contributed by atoms with van der Waals surface area (Å²) in [5.74, 6) is 1.30. The Labute approximate surface area is 186 Å². The lowest BCUT2D eigenvalue weighted by Gasteiger charge is -2.10. The minimum Gasteiger partial charge on any atom is -0.493 e. The van der Waals surface area contributed by atoms with Crippen LogP contribution in [0.15, 0.2) is 46.9 Å². The minimum absolute atomic E-state index is 0.0973. The van der Waals surface area contributed by atoms with Gasteiger partial charge in [0.25, 0.3) is 0 Å². The molecule has 4 rings (SSSR count). The molecule has 0 radical (unpaired) electrons. The van der Waals surface area contributed by atoms with E-state index in [1.807, 2.05) is 49.4 Å². The first-order valence-corrected chi connectivity index (χ1v) is 10.7. The highest BCUT2D eigenvalue weighted by molar-refractivity contribution is 5.88. The van der Waals surface area contributed by atoms with Crippen molar-refractivity contribution < 1.29 is 23.8 Å². The fourth-order valence-corrected chi connectivity index (χ4v) is 4.14. The summed E-state index contributed by atoms with van der Waals surface area (Å²) in [5, 5.41) is 11.8. The highest BCUT2D eigenvalue weighted by atomic mass is 16.5. The maximum atomic E-state index is 11.2. The number of carboxylic acid groups (broad SMARTS) is 1. The molecule has 0 unspecified atom stereocenters. The summed E-state index contributed by atoms with van der Waals surface area (Å²) in [6.45, 7) is 3.82. The van der Waals surface area contributed by atoms with Crippen LogP contribution in [0.4, 0.5) is 5.69 Å². The summed E-state index contributed by atoms with van der Waals surface area (Å²) >= 11 is 0. The molecular formula is C25H26N2O5. The van der Waals surface area contributed by atoms with E-state index in [4.69, 9.17) is 14.3 Å². The molecular weight excluding hydrogens is 408 g/mol. The van der Waals surface area contributed by atoms with Crippen LogP contribution in [0.25, 0.3) is 11.5 Å². The first-order valence-electron chi connectivity index (χ1n) is 10.7. The largest absolute Gasteiger partial charge is 0.493 e. The number of benzene rings is 2. The Balaban J connectivity index is 1.36. The van der Waals surface area contributed by atoms with E-state index in [0.29, 0.717) is 18.9 Å². The molecule has 0 aliphatic heterocycles. The van der Waals surface area contributed by atoms with Gasteiger partial charge in [0.05, 0.1) is 18.7 Å². The molecule has 0 spiro atoms. The SMILES string of the molecule is CC(=O)Nc1ccc(-c2nc(CCOc3ccc4c(c3)CC[C@H]4CC(=O)O)c(C)o2)cc1. The second-order valence-corrected chi connectivity index (χ2v) is 8.07. The van der Waals surface area contributed by atoms with Gasteiger partial charge in [-0.3, -0.25) is 9.59 Å². The van der Waals surface area contributed by atoms with E-state index >= 15 is 0 Å². The van der Waals surface area contributed by atoms with Crippen LogP contribution in [0.1, 0.15) is 48.3 Å². The smallest absolute Gasteiger partial charge is 0.303 e. The van der Waals surface area contributed by atoms with Gasteiger partial charge < -0.3 is 19.6 Å². The maximum absolute atomic E-state index is 11.2. The van der Waals surface area contributed by atoms with Crippen LogP contribution in [-0.4, -0.2) is 28.6 Å². The Morgan fingerprint density at radius 2 is 2.00 bits per heavy atom. The zero-order chi connectivity index (χ0) is 22.7. The van der Waals surface area contributed by atoms with Crippen LogP contribution in [0.3, 0.4) is 0 Å². The number of aliphatic carboxylic acids is 1. The van der Waals surface area contributed by atoms with Gasteiger partial charge >= 0.3 is 5.97 Å². The first kappa shape index (κ1) is 21.6. The molecule has 3 aromatic rings. The number of ether oxygens (including phenoxy) is 1. The van der Waals surface area contributed by atoms with Gasteiger partial charge in [0, 0.05) is 24.6 Å². The average Bonchev–Trinajstić information content (AvgIpc) is 3.31. The van der Waals surface area contributed by atoms with E-state index in [2.05, 4.69) is 10.3 Å².